The highest BCUT2D eigenvalue weighted by Gasteiger charge is 2.19. The predicted octanol–water partition coefficient (Wildman–Crippen LogP) is 3.25. The number of rotatable bonds is 4. The molecule has 0 radical (unpaired) electrons. The van der Waals surface area contributed by atoms with Gasteiger partial charge in [0.1, 0.15) is 5.75 Å². The molecule has 1 aliphatic carbocycles. The maximum Gasteiger partial charge on any atom is 0.137 e. The van der Waals surface area contributed by atoms with Crippen molar-refractivity contribution in [3.05, 3.63) is 24.0 Å². The summed E-state index contributed by atoms with van der Waals surface area (Å²) in [6, 6.07) is 2.49. The number of nitrogens with two attached hydrogens (primary N) is 1. The first kappa shape index (κ1) is 13.3. The number of hydrogen-bond acceptors (Lipinski definition) is 3. The summed E-state index contributed by atoms with van der Waals surface area (Å²) < 4.78 is 5.65. The van der Waals surface area contributed by atoms with Crippen molar-refractivity contribution >= 4 is 0 Å². The van der Waals surface area contributed by atoms with E-state index in [-0.39, 0.29) is 0 Å². The van der Waals surface area contributed by atoms with Gasteiger partial charge in [-0.3, -0.25) is 4.98 Å². The highest BCUT2D eigenvalue weighted by molar-refractivity contribution is 5.26. The molecule has 3 nitrogen and oxygen atoms in total. The molecule has 18 heavy (non-hydrogen) atoms. The molecular weight excluding hydrogens is 224 g/mol. The molecule has 0 aromatic carbocycles. The largest absolute Gasteiger partial charge is 0.492 e. The maximum atomic E-state index is 6.13. The number of nitrogens with zero attached hydrogens (tertiary/aromatic N) is 1. The van der Waals surface area contributed by atoms with Gasteiger partial charge in [-0.15, -0.1) is 0 Å². The molecule has 2 unspecified atom stereocenters. The van der Waals surface area contributed by atoms with Crippen molar-refractivity contribution in [3.8, 4) is 5.75 Å². The summed E-state index contributed by atoms with van der Waals surface area (Å²) in [6.45, 7) is 2.87. The lowest BCUT2D eigenvalue weighted by molar-refractivity contribution is 0.315. The van der Waals surface area contributed by atoms with Gasteiger partial charge >= 0.3 is 0 Å². The maximum absolute atomic E-state index is 6.13. The Morgan fingerprint density at radius 1 is 1.33 bits per heavy atom. The predicted molar refractivity (Wildman–Crippen MR) is 73.8 cm³/mol. The van der Waals surface area contributed by atoms with Crippen molar-refractivity contribution < 1.29 is 4.74 Å². The van der Waals surface area contributed by atoms with E-state index in [0.717, 1.165) is 31.6 Å². The molecule has 2 rings (SSSR count). The van der Waals surface area contributed by atoms with Crippen LogP contribution in [0.1, 0.15) is 56.9 Å². The lowest BCUT2D eigenvalue weighted by Crippen LogP contribution is -2.20. The Morgan fingerprint density at radius 3 is 3.00 bits per heavy atom. The molecule has 1 aromatic heterocycles. The molecule has 1 heterocycles. The molecular formula is C15H24N2O. The summed E-state index contributed by atoms with van der Waals surface area (Å²) in [5, 5.41) is 0. The van der Waals surface area contributed by atoms with E-state index in [4.69, 9.17) is 10.5 Å². The number of pyridine rings is 1. The molecule has 0 saturated heterocycles. The molecule has 1 saturated carbocycles. The smallest absolute Gasteiger partial charge is 0.137 e. The molecule has 2 atom stereocenters. The van der Waals surface area contributed by atoms with Crippen LogP contribution in [0.5, 0.6) is 5.75 Å². The van der Waals surface area contributed by atoms with Crippen LogP contribution in [0.15, 0.2) is 18.5 Å². The van der Waals surface area contributed by atoms with Gasteiger partial charge in [0.25, 0.3) is 0 Å². The summed E-state index contributed by atoms with van der Waals surface area (Å²) in [4.78, 5) is 4.30. The second-order valence-electron chi connectivity index (χ2n) is 5.28. The molecule has 1 fully saturated rings. The summed E-state index contributed by atoms with van der Waals surface area (Å²) in [6.07, 6.45) is 10.8. The Morgan fingerprint density at radius 2 is 2.17 bits per heavy atom. The summed E-state index contributed by atoms with van der Waals surface area (Å²) >= 11 is 0. The van der Waals surface area contributed by atoms with Gasteiger partial charge in [-0.25, -0.2) is 0 Å². The molecule has 2 N–H and O–H groups in total. The fourth-order valence-electron chi connectivity index (χ4n) is 2.66. The van der Waals surface area contributed by atoms with Crippen molar-refractivity contribution in [1.29, 1.82) is 0 Å². The molecule has 0 bridgehead atoms. The minimum atomic E-state index is 0.345. The fourth-order valence-corrected chi connectivity index (χ4v) is 2.66. The van der Waals surface area contributed by atoms with E-state index in [1.807, 2.05) is 6.20 Å². The van der Waals surface area contributed by atoms with E-state index in [0.29, 0.717) is 12.0 Å². The lowest BCUT2D eigenvalue weighted by atomic mass is 9.91. The summed E-state index contributed by atoms with van der Waals surface area (Å²) in [5.74, 6) is 1.45. The van der Waals surface area contributed by atoms with Gasteiger partial charge in [0.15, 0.2) is 0 Å². The van der Waals surface area contributed by atoms with Crippen LogP contribution in [0.25, 0.3) is 0 Å². The second-order valence-corrected chi connectivity index (χ2v) is 5.28. The highest BCUT2D eigenvalue weighted by Crippen LogP contribution is 2.32. The first-order valence-corrected chi connectivity index (χ1v) is 7.13. The van der Waals surface area contributed by atoms with E-state index in [9.17, 15) is 0 Å². The van der Waals surface area contributed by atoms with Gasteiger partial charge in [0.2, 0.25) is 0 Å². The van der Waals surface area contributed by atoms with Crippen LogP contribution in [0.3, 0.4) is 0 Å². The standard InChI is InChI=1S/C15H24N2O/c1-2-7-18-15-9-13(10-17-11-15)12-5-3-4-6-14(16)8-12/h9-12,14H,2-8,16H2,1H3. The second kappa shape index (κ2) is 6.74. The fraction of sp³-hybridized carbons (Fsp3) is 0.667. The molecule has 1 aliphatic rings. The van der Waals surface area contributed by atoms with Gasteiger partial charge in [0, 0.05) is 12.2 Å². The Balaban J connectivity index is 2.06. The van der Waals surface area contributed by atoms with Crippen molar-refractivity contribution in [1.82, 2.24) is 4.98 Å². The first-order chi connectivity index (χ1) is 8.79. The SMILES string of the molecule is CCCOc1cncc(C2CCCCC(N)C2)c1. The Labute approximate surface area is 110 Å². The summed E-state index contributed by atoms with van der Waals surface area (Å²) in [7, 11) is 0. The van der Waals surface area contributed by atoms with E-state index >= 15 is 0 Å². The van der Waals surface area contributed by atoms with E-state index < -0.39 is 0 Å². The quantitative estimate of drug-likeness (QED) is 0.832. The molecule has 100 valence electrons. The average Bonchev–Trinajstić information content (AvgIpc) is 2.61. The van der Waals surface area contributed by atoms with Crippen LogP contribution in [0.2, 0.25) is 0 Å². The Kier molecular flexibility index (Phi) is 5.00. The number of ether oxygens (including phenoxy) is 1. The topological polar surface area (TPSA) is 48.1 Å². The van der Waals surface area contributed by atoms with Crippen LogP contribution < -0.4 is 10.5 Å². The van der Waals surface area contributed by atoms with E-state index in [1.54, 1.807) is 6.20 Å². The van der Waals surface area contributed by atoms with Crippen LogP contribution in [-0.2, 0) is 0 Å². The van der Waals surface area contributed by atoms with Gasteiger partial charge in [-0.05, 0) is 43.2 Å². The van der Waals surface area contributed by atoms with Crippen LogP contribution >= 0.6 is 0 Å². The zero-order valence-electron chi connectivity index (χ0n) is 11.3. The average molecular weight is 248 g/mol. The van der Waals surface area contributed by atoms with Crippen molar-refractivity contribution in [2.45, 2.75) is 57.4 Å². The Hall–Kier alpha value is -1.09. The number of aromatic nitrogens is 1. The van der Waals surface area contributed by atoms with Crippen LogP contribution in [0, 0.1) is 0 Å². The van der Waals surface area contributed by atoms with E-state index in [2.05, 4.69) is 18.0 Å². The minimum Gasteiger partial charge on any atom is -0.492 e. The highest BCUT2D eigenvalue weighted by atomic mass is 16.5. The van der Waals surface area contributed by atoms with Crippen molar-refractivity contribution in [3.63, 3.8) is 0 Å². The van der Waals surface area contributed by atoms with Gasteiger partial charge in [0.05, 0.1) is 12.8 Å². The van der Waals surface area contributed by atoms with E-state index in [1.165, 1.54) is 24.8 Å². The molecule has 0 spiro atoms. The van der Waals surface area contributed by atoms with Crippen LogP contribution in [-0.4, -0.2) is 17.6 Å². The minimum absolute atomic E-state index is 0.345. The van der Waals surface area contributed by atoms with Crippen molar-refractivity contribution in [2.75, 3.05) is 6.61 Å². The van der Waals surface area contributed by atoms with Gasteiger partial charge in [-0.1, -0.05) is 19.8 Å². The van der Waals surface area contributed by atoms with Gasteiger partial charge < -0.3 is 10.5 Å². The molecule has 1 aromatic rings. The van der Waals surface area contributed by atoms with Gasteiger partial charge in [-0.2, -0.15) is 0 Å². The molecule has 0 aliphatic heterocycles. The third-order valence-electron chi connectivity index (χ3n) is 3.64. The first-order valence-electron chi connectivity index (χ1n) is 7.13. The summed E-state index contributed by atoms with van der Waals surface area (Å²) in [5.41, 5.74) is 7.42. The van der Waals surface area contributed by atoms with Crippen LogP contribution in [0.4, 0.5) is 0 Å². The molecule has 0 amide bonds. The molecule has 3 heteroatoms. The zero-order chi connectivity index (χ0) is 12.8. The third-order valence-corrected chi connectivity index (χ3v) is 3.64. The van der Waals surface area contributed by atoms with Crippen molar-refractivity contribution in [2.24, 2.45) is 5.73 Å². The monoisotopic (exact) mass is 248 g/mol. The Bertz CT molecular complexity index is 367. The zero-order valence-corrected chi connectivity index (χ0v) is 11.3. The third kappa shape index (κ3) is 3.70. The normalized spacial score (nSPS) is 24.6. The number of hydrogen-bond donors (Lipinski definition) is 1. The lowest BCUT2D eigenvalue weighted by Gasteiger charge is -2.17.